The fourth-order valence-corrected chi connectivity index (χ4v) is 1.51. The van der Waals surface area contributed by atoms with Gasteiger partial charge < -0.3 is 10.3 Å². The van der Waals surface area contributed by atoms with Crippen molar-refractivity contribution in [2.24, 2.45) is 5.10 Å². The van der Waals surface area contributed by atoms with Crippen molar-refractivity contribution in [3.05, 3.63) is 57.2 Å². The number of benzene rings is 1. The molecular weight excluding hydrogens is 278 g/mol. The van der Waals surface area contributed by atoms with Crippen LogP contribution in [0.2, 0.25) is 0 Å². The Labute approximate surface area is 118 Å². The van der Waals surface area contributed by atoms with Crippen molar-refractivity contribution in [2.45, 2.75) is 0 Å². The number of para-hydroxylation sites is 1. The van der Waals surface area contributed by atoms with Crippen LogP contribution in [0.15, 0.2) is 46.4 Å². The van der Waals surface area contributed by atoms with Crippen LogP contribution in [0.1, 0.15) is 5.56 Å². The number of hydrazone groups is 1. The monoisotopic (exact) mass is 289 g/mol. The molecule has 0 aliphatic carbocycles. The fourth-order valence-electron chi connectivity index (χ4n) is 1.36. The van der Waals surface area contributed by atoms with E-state index in [1.165, 1.54) is 12.4 Å². The largest absolute Gasteiger partial charge is 0.339 e. The van der Waals surface area contributed by atoms with Crippen LogP contribution in [-0.4, -0.2) is 22.2 Å². The zero-order valence-electron chi connectivity index (χ0n) is 10.2. The maximum Gasteiger partial charge on any atom is 0.339 e. The summed E-state index contributed by atoms with van der Waals surface area (Å²) in [6.07, 6.45) is 2.62. The number of aromatic amines is 2. The lowest BCUT2D eigenvalue weighted by Crippen LogP contribution is -2.24. The topological polar surface area (TPSA) is 102 Å². The van der Waals surface area contributed by atoms with E-state index >= 15 is 0 Å². The summed E-state index contributed by atoms with van der Waals surface area (Å²) in [6.45, 7) is 0. The second kappa shape index (κ2) is 6.43. The van der Waals surface area contributed by atoms with E-state index in [9.17, 15) is 9.59 Å². The third-order valence-corrected chi connectivity index (χ3v) is 2.47. The van der Waals surface area contributed by atoms with E-state index in [2.05, 4.69) is 25.8 Å². The van der Waals surface area contributed by atoms with Gasteiger partial charge in [-0.15, -0.1) is 0 Å². The molecule has 0 aliphatic rings. The predicted octanol–water partition coefficient (Wildman–Crippen LogP) is 1.59. The van der Waals surface area contributed by atoms with Crippen LogP contribution in [0.25, 0.3) is 0 Å². The van der Waals surface area contributed by atoms with E-state index in [4.69, 9.17) is 12.2 Å². The molecule has 4 N–H and O–H groups in total. The van der Waals surface area contributed by atoms with E-state index in [-0.39, 0.29) is 15.9 Å². The van der Waals surface area contributed by atoms with Crippen molar-refractivity contribution in [3.8, 4) is 0 Å². The first-order chi connectivity index (χ1) is 9.65. The van der Waals surface area contributed by atoms with Gasteiger partial charge in [-0.05, 0) is 24.4 Å². The molecule has 0 aliphatic heterocycles. The zero-order valence-corrected chi connectivity index (χ0v) is 11.0. The zero-order chi connectivity index (χ0) is 14.4. The van der Waals surface area contributed by atoms with Crippen molar-refractivity contribution < 1.29 is 4.79 Å². The Kier molecular flexibility index (Phi) is 4.40. The highest BCUT2D eigenvalue weighted by molar-refractivity contribution is 7.71. The van der Waals surface area contributed by atoms with E-state index in [0.717, 1.165) is 0 Å². The Morgan fingerprint density at radius 3 is 2.75 bits per heavy atom. The minimum atomic E-state index is -0.507. The molecule has 0 fully saturated rings. The first kappa shape index (κ1) is 13.7. The molecular formula is C12H11N5O2S. The molecule has 1 heterocycles. The molecule has 0 saturated carbocycles. The van der Waals surface area contributed by atoms with Gasteiger partial charge in [-0.3, -0.25) is 9.78 Å². The number of aromatic nitrogens is 2. The molecule has 0 atom stereocenters. The summed E-state index contributed by atoms with van der Waals surface area (Å²) in [7, 11) is 0. The lowest BCUT2D eigenvalue weighted by molar-refractivity contribution is 0.252. The highest BCUT2D eigenvalue weighted by atomic mass is 32.1. The average Bonchev–Trinajstić information content (AvgIpc) is 2.42. The van der Waals surface area contributed by atoms with E-state index in [1.807, 2.05) is 6.07 Å². The molecule has 0 spiro atoms. The summed E-state index contributed by atoms with van der Waals surface area (Å²) in [4.78, 5) is 28.0. The summed E-state index contributed by atoms with van der Waals surface area (Å²) in [6, 6.07) is 8.41. The molecule has 0 bridgehead atoms. The quantitative estimate of drug-likeness (QED) is 0.392. The number of urea groups is 1. The van der Waals surface area contributed by atoms with E-state index in [0.29, 0.717) is 5.69 Å². The van der Waals surface area contributed by atoms with Gasteiger partial charge in [0.15, 0.2) is 4.77 Å². The fraction of sp³-hybridized carbons (Fsp3) is 0. The van der Waals surface area contributed by atoms with Crippen molar-refractivity contribution in [2.75, 3.05) is 5.32 Å². The number of nitrogens with one attached hydrogen (secondary N) is 4. The Morgan fingerprint density at radius 1 is 1.30 bits per heavy atom. The Balaban J connectivity index is 1.94. The Bertz CT molecular complexity index is 735. The highest BCUT2D eigenvalue weighted by Gasteiger charge is 1.99. The number of hydrogen-bond donors (Lipinski definition) is 4. The molecule has 7 nitrogen and oxygen atoms in total. The molecule has 102 valence electrons. The number of rotatable bonds is 3. The number of carbonyl (C=O) groups is 1. The van der Waals surface area contributed by atoms with E-state index in [1.54, 1.807) is 24.3 Å². The molecule has 2 amide bonds. The van der Waals surface area contributed by atoms with Gasteiger partial charge in [-0.1, -0.05) is 18.2 Å². The summed E-state index contributed by atoms with van der Waals surface area (Å²) in [5.74, 6) is 0. The summed E-state index contributed by atoms with van der Waals surface area (Å²) in [5.41, 5.74) is 2.75. The van der Waals surface area contributed by atoms with Gasteiger partial charge in [-0.2, -0.15) is 5.10 Å². The number of hydrogen-bond acceptors (Lipinski definition) is 4. The lowest BCUT2D eigenvalue weighted by atomic mass is 10.3. The molecule has 20 heavy (non-hydrogen) atoms. The number of nitrogens with zero attached hydrogens (tertiary/aromatic N) is 1. The molecule has 2 rings (SSSR count). The van der Waals surface area contributed by atoms with Crippen LogP contribution in [0, 0.1) is 4.77 Å². The van der Waals surface area contributed by atoms with E-state index < -0.39 is 6.03 Å². The molecule has 1 aromatic heterocycles. The Hall–Kier alpha value is -2.74. The normalized spacial score (nSPS) is 10.4. The maximum absolute atomic E-state index is 11.5. The predicted molar refractivity (Wildman–Crippen MR) is 78.4 cm³/mol. The van der Waals surface area contributed by atoms with Gasteiger partial charge >= 0.3 is 6.03 Å². The smallest absolute Gasteiger partial charge is 0.338 e. The van der Waals surface area contributed by atoms with Gasteiger partial charge in [0.25, 0.3) is 5.56 Å². The molecule has 2 aromatic rings. The third-order valence-electron chi connectivity index (χ3n) is 2.25. The first-order valence-electron chi connectivity index (χ1n) is 5.62. The number of amides is 2. The molecule has 0 saturated heterocycles. The minimum Gasteiger partial charge on any atom is -0.338 e. The number of H-pyrrole nitrogens is 2. The molecule has 1 aromatic carbocycles. The van der Waals surface area contributed by atoms with Crippen LogP contribution in [-0.2, 0) is 0 Å². The lowest BCUT2D eigenvalue weighted by Gasteiger charge is -2.02. The van der Waals surface area contributed by atoms with Gasteiger partial charge in [0, 0.05) is 11.9 Å². The first-order valence-corrected chi connectivity index (χ1v) is 6.03. The highest BCUT2D eigenvalue weighted by Crippen LogP contribution is 2.03. The second-order valence-corrected chi connectivity index (χ2v) is 4.13. The third kappa shape index (κ3) is 3.89. The number of carbonyl (C=O) groups excluding carboxylic acids is 1. The van der Waals surface area contributed by atoms with Gasteiger partial charge in [0.2, 0.25) is 0 Å². The number of anilines is 1. The van der Waals surface area contributed by atoms with Crippen molar-refractivity contribution in [1.29, 1.82) is 0 Å². The Morgan fingerprint density at radius 2 is 2.05 bits per heavy atom. The van der Waals surface area contributed by atoms with Gasteiger partial charge in [0.1, 0.15) is 0 Å². The van der Waals surface area contributed by atoms with Crippen LogP contribution in [0.3, 0.4) is 0 Å². The summed E-state index contributed by atoms with van der Waals surface area (Å²) in [5, 5.41) is 6.24. The van der Waals surface area contributed by atoms with Crippen LogP contribution >= 0.6 is 12.2 Å². The van der Waals surface area contributed by atoms with Crippen LogP contribution < -0.4 is 16.3 Å². The van der Waals surface area contributed by atoms with Crippen LogP contribution in [0.4, 0.5) is 10.5 Å². The van der Waals surface area contributed by atoms with Crippen molar-refractivity contribution in [3.63, 3.8) is 0 Å². The average molecular weight is 289 g/mol. The maximum atomic E-state index is 11.5. The molecule has 0 unspecified atom stereocenters. The second-order valence-electron chi connectivity index (χ2n) is 3.72. The SMILES string of the molecule is O=C(N/N=C/c1c[nH]c(=S)[nH]c1=O)Nc1ccccc1. The van der Waals surface area contributed by atoms with Gasteiger partial charge in [-0.25, -0.2) is 10.2 Å². The standard InChI is InChI=1S/C12H11N5O2S/c18-10-8(6-13-12(20)16-10)7-14-17-11(19)15-9-4-2-1-3-5-9/h1-7H,(H2,15,17,19)(H2,13,16,18,20)/b14-7+. The minimum absolute atomic E-state index is 0.224. The van der Waals surface area contributed by atoms with Crippen molar-refractivity contribution in [1.82, 2.24) is 15.4 Å². The molecule has 0 radical (unpaired) electrons. The van der Waals surface area contributed by atoms with Crippen molar-refractivity contribution >= 4 is 30.2 Å². The van der Waals surface area contributed by atoms with Gasteiger partial charge in [0.05, 0.1) is 11.8 Å². The summed E-state index contributed by atoms with van der Waals surface area (Å²) >= 11 is 4.75. The molecule has 8 heteroatoms. The summed E-state index contributed by atoms with van der Waals surface area (Å²) < 4.78 is 0.224. The van der Waals surface area contributed by atoms with Crippen LogP contribution in [0.5, 0.6) is 0 Å².